The van der Waals surface area contributed by atoms with Gasteiger partial charge in [0.15, 0.2) is 5.82 Å². The Morgan fingerprint density at radius 3 is 2.78 bits per heavy atom. The number of anilines is 1. The predicted octanol–water partition coefficient (Wildman–Crippen LogP) is 4.22. The van der Waals surface area contributed by atoms with Crippen molar-refractivity contribution in [3.63, 3.8) is 0 Å². The summed E-state index contributed by atoms with van der Waals surface area (Å²) < 4.78 is 12.8. The second kappa shape index (κ2) is 9.18. The van der Waals surface area contributed by atoms with Crippen LogP contribution in [0.4, 0.5) is 14.9 Å². The van der Waals surface area contributed by atoms with Crippen LogP contribution >= 0.6 is 11.8 Å². The minimum absolute atomic E-state index is 0.236. The summed E-state index contributed by atoms with van der Waals surface area (Å²) in [7, 11) is 0. The summed E-state index contributed by atoms with van der Waals surface area (Å²) in [5, 5.41) is 12.6. The number of carbonyl (C=O) groups is 1. The number of urea groups is 1. The maximum Gasteiger partial charge on any atom is 0.319 e. The number of rotatable bonds is 7. The van der Waals surface area contributed by atoms with E-state index in [-0.39, 0.29) is 11.8 Å². The lowest BCUT2D eigenvalue weighted by atomic mass is 10.2. The number of hydrogen-bond acceptors (Lipinski definition) is 4. The SMILES string of the molecule is Cc1nc(-c2cccc(NC(=O)NCCCSc3ccc(F)cc3)c2)n[nH]1. The van der Waals surface area contributed by atoms with Gasteiger partial charge in [0.1, 0.15) is 11.6 Å². The molecule has 8 heteroatoms. The van der Waals surface area contributed by atoms with E-state index in [1.54, 1.807) is 23.9 Å². The summed E-state index contributed by atoms with van der Waals surface area (Å²) in [6.45, 7) is 2.39. The lowest BCUT2D eigenvalue weighted by Gasteiger charge is -2.08. The normalized spacial score (nSPS) is 10.6. The first-order chi connectivity index (χ1) is 13.1. The highest BCUT2D eigenvalue weighted by molar-refractivity contribution is 7.99. The molecule has 0 atom stereocenters. The van der Waals surface area contributed by atoms with Crippen molar-refractivity contribution in [2.45, 2.75) is 18.2 Å². The van der Waals surface area contributed by atoms with Gasteiger partial charge in [0.05, 0.1) is 0 Å². The minimum atomic E-state index is -0.259. The van der Waals surface area contributed by atoms with Gasteiger partial charge in [0.25, 0.3) is 0 Å². The smallest absolute Gasteiger partial charge is 0.319 e. The standard InChI is InChI=1S/C19H20FN5OS/c1-13-22-18(25-24-13)14-4-2-5-16(12-14)23-19(26)21-10-3-11-27-17-8-6-15(20)7-9-17/h2,4-9,12H,3,10-11H2,1H3,(H2,21,23,26)(H,22,24,25). The number of carbonyl (C=O) groups excluding carboxylic acids is 1. The molecule has 0 saturated carbocycles. The number of hydrogen-bond donors (Lipinski definition) is 3. The van der Waals surface area contributed by atoms with Gasteiger partial charge in [-0.25, -0.2) is 14.2 Å². The molecule has 1 heterocycles. The van der Waals surface area contributed by atoms with Gasteiger partial charge in [-0.05, 0) is 55.5 Å². The summed E-state index contributed by atoms with van der Waals surface area (Å²) in [6, 6.07) is 13.5. The van der Waals surface area contributed by atoms with Gasteiger partial charge in [0, 0.05) is 22.7 Å². The molecule has 140 valence electrons. The Morgan fingerprint density at radius 1 is 1.22 bits per heavy atom. The van der Waals surface area contributed by atoms with Gasteiger partial charge in [-0.1, -0.05) is 12.1 Å². The van der Waals surface area contributed by atoms with Crippen LogP contribution in [0.15, 0.2) is 53.4 Å². The highest BCUT2D eigenvalue weighted by atomic mass is 32.2. The Labute approximate surface area is 161 Å². The summed E-state index contributed by atoms with van der Waals surface area (Å²) in [6.07, 6.45) is 0.811. The average Bonchev–Trinajstić information content (AvgIpc) is 3.10. The molecule has 0 aliphatic rings. The molecule has 2 amide bonds. The van der Waals surface area contributed by atoms with Crippen LogP contribution in [0.5, 0.6) is 0 Å². The number of aromatic nitrogens is 3. The van der Waals surface area contributed by atoms with Gasteiger partial charge < -0.3 is 10.6 Å². The van der Waals surface area contributed by atoms with Gasteiger partial charge >= 0.3 is 6.03 Å². The third-order valence-electron chi connectivity index (χ3n) is 3.66. The van der Waals surface area contributed by atoms with Crippen molar-refractivity contribution in [3.05, 3.63) is 60.2 Å². The predicted molar refractivity (Wildman–Crippen MR) is 105 cm³/mol. The van der Waals surface area contributed by atoms with Crippen LogP contribution in [-0.2, 0) is 0 Å². The molecule has 0 spiro atoms. The molecule has 3 rings (SSSR count). The molecule has 0 aliphatic carbocycles. The van der Waals surface area contributed by atoms with Crippen LogP contribution in [0.25, 0.3) is 11.4 Å². The maximum absolute atomic E-state index is 12.8. The summed E-state index contributed by atoms with van der Waals surface area (Å²) in [4.78, 5) is 17.3. The zero-order valence-electron chi connectivity index (χ0n) is 14.8. The van der Waals surface area contributed by atoms with E-state index in [0.29, 0.717) is 18.1 Å². The summed E-state index contributed by atoms with van der Waals surface area (Å²) >= 11 is 1.63. The number of aromatic amines is 1. The van der Waals surface area contributed by atoms with Crippen molar-refractivity contribution in [2.75, 3.05) is 17.6 Å². The third-order valence-corrected chi connectivity index (χ3v) is 4.76. The lowest BCUT2D eigenvalue weighted by molar-refractivity contribution is 0.252. The van der Waals surface area contributed by atoms with Gasteiger partial charge in [0.2, 0.25) is 0 Å². The molecule has 0 bridgehead atoms. The molecule has 27 heavy (non-hydrogen) atoms. The van der Waals surface area contributed by atoms with Crippen molar-refractivity contribution in [1.82, 2.24) is 20.5 Å². The van der Waals surface area contributed by atoms with Crippen molar-refractivity contribution in [1.29, 1.82) is 0 Å². The van der Waals surface area contributed by atoms with E-state index in [9.17, 15) is 9.18 Å². The number of H-pyrrole nitrogens is 1. The zero-order valence-corrected chi connectivity index (χ0v) is 15.6. The number of benzene rings is 2. The van der Waals surface area contributed by atoms with E-state index < -0.39 is 0 Å². The quantitative estimate of drug-likeness (QED) is 0.420. The molecule has 0 radical (unpaired) electrons. The maximum atomic E-state index is 12.8. The largest absolute Gasteiger partial charge is 0.338 e. The van der Waals surface area contributed by atoms with Crippen LogP contribution < -0.4 is 10.6 Å². The third kappa shape index (κ3) is 5.82. The van der Waals surface area contributed by atoms with Crippen molar-refractivity contribution in [2.24, 2.45) is 0 Å². The molecular formula is C19H20FN5OS. The molecule has 0 unspecified atom stereocenters. The molecular weight excluding hydrogens is 365 g/mol. The number of amides is 2. The first-order valence-corrected chi connectivity index (χ1v) is 9.51. The Bertz CT molecular complexity index is 897. The van der Waals surface area contributed by atoms with Crippen LogP contribution in [-0.4, -0.2) is 33.5 Å². The number of thioether (sulfide) groups is 1. The molecule has 0 fully saturated rings. The van der Waals surface area contributed by atoms with E-state index in [1.807, 2.05) is 31.2 Å². The summed E-state index contributed by atoms with van der Waals surface area (Å²) in [5.41, 5.74) is 1.50. The Balaban J connectivity index is 1.41. The first kappa shape index (κ1) is 18.9. The second-order valence-corrected chi connectivity index (χ2v) is 7.03. The Hall–Kier alpha value is -2.87. The fraction of sp³-hybridized carbons (Fsp3) is 0.211. The van der Waals surface area contributed by atoms with Gasteiger partial charge in [-0.3, -0.25) is 5.10 Å². The number of halogens is 1. The van der Waals surface area contributed by atoms with Crippen molar-refractivity contribution >= 4 is 23.5 Å². The molecule has 0 aliphatic heterocycles. The number of nitrogens with zero attached hydrogens (tertiary/aromatic N) is 2. The molecule has 3 aromatic rings. The second-order valence-electron chi connectivity index (χ2n) is 5.86. The van der Waals surface area contributed by atoms with Crippen LogP contribution in [0, 0.1) is 12.7 Å². The van der Waals surface area contributed by atoms with E-state index in [2.05, 4.69) is 25.8 Å². The molecule has 2 aromatic carbocycles. The average molecular weight is 385 g/mol. The van der Waals surface area contributed by atoms with Crippen molar-refractivity contribution < 1.29 is 9.18 Å². The minimum Gasteiger partial charge on any atom is -0.338 e. The van der Waals surface area contributed by atoms with Crippen LogP contribution in [0.3, 0.4) is 0 Å². The molecule has 3 N–H and O–H groups in total. The van der Waals surface area contributed by atoms with E-state index in [4.69, 9.17) is 0 Å². The Morgan fingerprint density at radius 2 is 2.04 bits per heavy atom. The topological polar surface area (TPSA) is 82.7 Å². The Kier molecular flexibility index (Phi) is 6.43. The van der Waals surface area contributed by atoms with Crippen LogP contribution in [0.2, 0.25) is 0 Å². The zero-order chi connectivity index (χ0) is 19.1. The molecule has 1 aromatic heterocycles. The van der Waals surface area contributed by atoms with Crippen LogP contribution in [0.1, 0.15) is 12.2 Å². The highest BCUT2D eigenvalue weighted by Gasteiger charge is 2.06. The van der Waals surface area contributed by atoms with Gasteiger partial charge in [-0.15, -0.1) is 11.8 Å². The lowest BCUT2D eigenvalue weighted by Crippen LogP contribution is -2.29. The highest BCUT2D eigenvalue weighted by Crippen LogP contribution is 2.20. The van der Waals surface area contributed by atoms with Crippen molar-refractivity contribution in [3.8, 4) is 11.4 Å². The molecule has 0 saturated heterocycles. The molecule has 6 nitrogen and oxygen atoms in total. The first-order valence-electron chi connectivity index (χ1n) is 8.53. The van der Waals surface area contributed by atoms with E-state index in [0.717, 1.165) is 28.5 Å². The number of aryl methyl sites for hydroxylation is 1. The van der Waals surface area contributed by atoms with E-state index >= 15 is 0 Å². The monoisotopic (exact) mass is 385 g/mol. The fourth-order valence-corrected chi connectivity index (χ4v) is 3.23. The fourth-order valence-electron chi connectivity index (χ4n) is 2.38. The number of nitrogens with one attached hydrogen (secondary N) is 3. The van der Waals surface area contributed by atoms with Gasteiger partial charge in [-0.2, -0.15) is 5.10 Å². The van der Waals surface area contributed by atoms with E-state index in [1.165, 1.54) is 12.1 Å². The summed E-state index contributed by atoms with van der Waals surface area (Å²) in [5.74, 6) is 1.93.